The molecule has 1 heterocycles. The highest BCUT2D eigenvalue weighted by atomic mass is 32.2. The van der Waals surface area contributed by atoms with Crippen molar-refractivity contribution in [2.45, 2.75) is 20.5 Å². The monoisotopic (exact) mass is 333 g/mol. The van der Waals surface area contributed by atoms with E-state index in [1.54, 1.807) is 13.3 Å². The Morgan fingerprint density at radius 1 is 1.14 bits per heavy atom. The normalized spacial score (nSPS) is 11.6. The molecule has 0 atom stereocenters. The predicted molar refractivity (Wildman–Crippen MR) is 81.5 cm³/mol. The number of aryl methyl sites for hydroxylation is 1. The molecule has 0 aliphatic rings. The maximum Gasteiger partial charge on any atom is 0.264 e. The van der Waals surface area contributed by atoms with Gasteiger partial charge in [-0.15, -0.1) is 0 Å². The van der Waals surface area contributed by atoms with Gasteiger partial charge in [0.25, 0.3) is 10.1 Å². The van der Waals surface area contributed by atoms with Crippen molar-refractivity contribution < 1.29 is 26.8 Å². The molecule has 1 aromatic heterocycles. The Morgan fingerprint density at radius 3 is 2.45 bits per heavy atom. The number of pyridine rings is 1. The number of rotatable bonds is 10. The molecule has 1 rings (SSSR count). The van der Waals surface area contributed by atoms with Crippen LogP contribution in [0.4, 0.5) is 0 Å². The van der Waals surface area contributed by atoms with Gasteiger partial charge in [0.1, 0.15) is 19.0 Å². The molecule has 0 spiro atoms. The van der Waals surface area contributed by atoms with E-state index in [-0.39, 0.29) is 6.61 Å². The van der Waals surface area contributed by atoms with Gasteiger partial charge in [-0.3, -0.25) is 9.17 Å². The summed E-state index contributed by atoms with van der Waals surface area (Å²) in [5.74, 6) is 0.678. The van der Waals surface area contributed by atoms with E-state index < -0.39 is 10.1 Å². The van der Waals surface area contributed by atoms with Crippen LogP contribution in [0, 0.1) is 13.8 Å². The van der Waals surface area contributed by atoms with Gasteiger partial charge in [-0.2, -0.15) is 8.42 Å². The van der Waals surface area contributed by atoms with E-state index in [9.17, 15) is 8.42 Å². The summed E-state index contributed by atoms with van der Waals surface area (Å²) in [6.07, 6.45) is 2.64. The van der Waals surface area contributed by atoms with Gasteiger partial charge in [-0.05, 0) is 13.8 Å². The molecule has 126 valence electrons. The van der Waals surface area contributed by atoms with Gasteiger partial charge in [0.15, 0.2) is 0 Å². The molecular formula is C14H23NO6S. The summed E-state index contributed by atoms with van der Waals surface area (Å²) in [7, 11) is -1.89. The van der Waals surface area contributed by atoms with Gasteiger partial charge in [-0.25, -0.2) is 0 Å². The number of aromatic nitrogens is 1. The van der Waals surface area contributed by atoms with E-state index in [1.165, 1.54) is 0 Å². The molecule has 8 heteroatoms. The van der Waals surface area contributed by atoms with Crippen molar-refractivity contribution in [1.82, 2.24) is 4.98 Å². The second-order valence-corrected chi connectivity index (χ2v) is 6.41. The Balaban J connectivity index is 2.62. The molecule has 0 N–H and O–H groups in total. The van der Waals surface area contributed by atoms with Crippen LogP contribution < -0.4 is 4.74 Å². The summed E-state index contributed by atoms with van der Waals surface area (Å²) in [5.41, 5.74) is 2.17. The van der Waals surface area contributed by atoms with Gasteiger partial charge in [0.05, 0.1) is 31.8 Å². The fraction of sp³-hybridized carbons (Fsp3) is 0.643. The topological polar surface area (TPSA) is 83.9 Å². The lowest BCUT2D eigenvalue weighted by atomic mass is 10.1. The van der Waals surface area contributed by atoms with E-state index in [1.807, 2.05) is 13.8 Å². The number of ether oxygens (including phenoxy) is 3. The number of hydrogen-bond acceptors (Lipinski definition) is 7. The molecule has 0 saturated carbocycles. The molecule has 0 saturated heterocycles. The number of nitrogens with zero attached hydrogens (tertiary/aromatic N) is 1. The molecule has 0 aliphatic heterocycles. The summed E-state index contributed by atoms with van der Waals surface area (Å²) in [4.78, 5) is 4.19. The van der Waals surface area contributed by atoms with Gasteiger partial charge in [-0.1, -0.05) is 0 Å². The summed E-state index contributed by atoms with van der Waals surface area (Å²) in [5, 5.41) is 0. The summed E-state index contributed by atoms with van der Waals surface area (Å²) < 4.78 is 42.8. The number of methoxy groups -OCH3 is 1. The highest BCUT2D eigenvalue weighted by Gasteiger charge is 2.12. The van der Waals surface area contributed by atoms with Crippen molar-refractivity contribution in [3.05, 3.63) is 23.0 Å². The van der Waals surface area contributed by atoms with Crippen molar-refractivity contribution in [3.63, 3.8) is 0 Å². The third-order valence-corrected chi connectivity index (χ3v) is 3.41. The highest BCUT2D eigenvalue weighted by Crippen LogP contribution is 2.25. The molecule has 0 amide bonds. The average molecular weight is 333 g/mol. The largest absolute Gasteiger partial charge is 0.491 e. The van der Waals surface area contributed by atoms with E-state index in [0.717, 1.165) is 17.4 Å². The molecule has 0 aliphatic carbocycles. The molecule has 0 fully saturated rings. The van der Waals surface area contributed by atoms with Crippen LogP contribution in [0.2, 0.25) is 0 Å². The summed E-state index contributed by atoms with van der Waals surface area (Å²) >= 11 is 0. The van der Waals surface area contributed by atoms with Gasteiger partial charge >= 0.3 is 0 Å². The van der Waals surface area contributed by atoms with Crippen molar-refractivity contribution in [1.29, 1.82) is 0 Å². The zero-order valence-corrected chi connectivity index (χ0v) is 14.2. The van der Waals surface area contributed by atoms with E-state index in [2.05, 4.69) is 4.98 Å². The summed E-state index contributed by atoms with van der Waals surface area (Å²) in [6, 6.07) is 0. The quantitative estimate of drug-likeness (QED) is 0.470. The SMILES string of the molecule is COCCOCCOc1c(C)cnc(COS(C)(=O)=O)c1C. The fourth-order valence-electron chi connectivity index (χ4n) is 1.73. The third-order valence-electron chi connectivity index (χ3n) is 2.86. The Kier molecular flexibility index (Phi) is 7.74. The Labute approximate surface area is 131 Å². The van der Waals surface area contributed by atoms with Crippen molar-refractivity contribution in [3.8, 4) is 5.75 Å². The molecule has 0 unspecified atom stereocenters. The van der Waals surface area contributed by atoms with Crippen LogP contribution in [0.15, 0.2) is 6.20 Å². The van der Waals surface area contributed by atoms with Crippen LogP contribution in [0.25, 0.3) is 0 Å². The Morgan fingerprint density at radius 2 is 1.82 bits per heavy atom. The molecule has 0 bridgehead atoms. The minimum absolute atomic E-state index is 0.106. The van der Waals surface area contributed by atoms with Crippen LogP contribution >= 0.6 is 0 Å². The minimum Gasteiger partial charge on any atom is -0.491 e. The highest BCUT2D eigenvalue weighted by molar-refractivity contribution is 7.85. The van der Waals surface area contributed by atoms with Gasteiger partial charge in [0, 0.05) is 24.4 Å². The molecule has 0 radical (unpaired) electrons. The zero-order chi connectivity index (χ0) is 16.6. The standard InChI is InChI=1S/C14H23NO6S/c1-11-9-15-13(10-21-22(4,16)17)12(2)14(11)20-8-7-19-6-5-18-3/h9H,5-8,10H2,1-4H3. The minimum atomic E-state index is -3.50. The molecule has 7 nitrogen and oxygen atoms in total. The van der Waals surface area contributed by atoms with Crippen molar-refractivity contribution in [2.75, 3.05) is 39.8 Å². The molecule has 22 heavy (non-hydrogen) atoms. The van der Waals surface area contributed by atoms with Crippen molar-refractivity contribution >= 4 is 10.1 Å². The number of hydrogen-bond donors (Lipinski definition) is 0. The predicted octanol–water partition coefficient (Wildman–Crippen LogP) is 1.22. The van der Waals surface area contributed by atoms with E-state index in [4.69, 9.17) is 18.4 Å². The summed E-state index contributed by atoms with van der Waals surface area (Å²) in [6.45, 7) is 5.49. The van der Waals surface area contributed by atoms with Crippen LogP contribution in [0.3, 0.4) is 0 Å². The van der Waals surface area contributed by atoms with Crippen LogP contribution in [-0.4, -0.2) is 53.2 Å². The first-order chi connectivity index (χ1) is 10.3. The maximum absolute atomic E-state index is 11.1. The molecule has 0 aromatic carbocycles. The van der Waals surface area contributed by atoms with Crippen LogP contribution in [0.5, 0.6) is 5.75 Å². The fourth-order valence-corrected chi connectivity index (χ4v) is 2.06. The smallest absolute Gasteiger partial charge is 0.264 e. The Bertz CT molecular complexity index is 573. The second-order valence-electron chi connectivity index (χ2n) is 4.76. The zero-order valence-electron chi connectivity index (χ0n) is 13.4. The van der Waals surface area contributed by atoms with Crippen molar-refractivity contribution in [2.24, 2.45) is 0 Å². The third kappa shape index (κ3) is 6.69. The molecular weight excluding hydrogens is 310 g/mol. The first kappa shape index (κ1) is 18.8. The van der Waals surface area contributed by atoms with Gasteiger partial charge in [0.2, 0.25) is 0 Å². The van der Waals surface area contributed by atoms with E-state index >= 15 is 0 Å². The van der Waals surface area contributed by atoms with Crippen LogP contribution in [0.1, 0.15) is 16.8 Å². The second kappa shape index (κ2) is 9.04. The lowest BCUT2D eigenvalue weighted by Gasteiger charge is -2.14. The first-order valence-corrected chi connectivity index (χ1v) is 8.65. The van der Waals surface area contributed by atoms with Gasteiger partial charge < -0.3 is 14.2 Å². The lowest BCUT2D eigenvalue weighted by Crippen LogP contribution is -2.12. The maximum atomic E-state index is 11.1. The average Bonchev–Trinajstić information content (AvgIpc) is 2.43. The van der Waals surface area contributed by atoms with E-state index in [0.29, 0.717) is 37.9 Å². The first-order valence-electron chi connectivity index (χ1n) is 6.84. The molecule has 1 aromatic rings. The van der Waals surface area contributed by atoms with Crippen LogP contribution in [-0.2, 0) is 30.4 Å². The Hall–Kier alpha value is -1.22. The lowest BCUT2D eigenvalue weighted by molar-refractivity contribution is 0.0541.